The molecule has 0 spiro atoms. The van der Waals surface area contributed by atoms with Gasteiger partial charge in [-0.2, -0.15) is 0 Å². The van der Waals surface area contributed by atoms with E-state index in [-0.39, 0.29) is 6.54 Å². The van der Waals surface area contributed by atoms with Gasteiger partial charge in [-0.25, -0.2) is 9.18 Å². The lowest BCUT2D eigenvalue weighted by atomic mass is 10.2. The number of nitrogens with one attached hydrogen (secondary N) is 2. The summed E-state index contributed by atoms with van der Waals surface area (Å²) in [5.74, 6) is -1.32. The number of amides is 4. The monoisotopic (exact) mass is 293 g/mol. The highest BCUT2D eigenvalue weighted by molar-refractivity contribution is 6.07. The highest BCUT2D eigenvalue weighted by Gasteiger charge is 2.38. The van der Waals surface area contributed by atoms with Crippen LogP contribution in [-0.4, -0.2) is 35.3 Å². The van der Waals surface area contributed by atoms with E-state index in [2.05, 4.69) is 10.6 Å². The van der Waals surface area contributed by atoms with Crippen LogP contribution >= 0.6 is 0 Å². The van der Waals surface area contributed by atoms with Gasteiger partial charge in [0.15, 0.2) is 0 Å². The number of rotatable bonds is 5. The zero-order valence-corrected chi connectivity index (χ0v) is 11.6. The van der Waals surface area contributed by atoms with Gasteiger partial charge in [0.2, 0.25) is 5.91 Å². The molecule has 7 heteroatoms. The highest BCUT2D eigenvalue weighted by Crippen LogP contribution is 2.12. The molecular weight excluding hydrogens is 277 g/mol. The van der Waals surface area contributed by atoms with Crippen molar-refractivity contribution in [1.29, 1.82) is 0 Å². The summed E-state index contributed by atoms with van der Waals surface area (Å²) in [7, 11) is 0. The van der Waals surface area contributed by atoms with Gasteiger partial charge in [-0.1, -0.05) is 13.3 Å². The van der Waals surface area contributed by atoms with Crippen LogP contribution in [0, 0.1) is 5.82 Å². The van der Waals surface area contributed by atoms with Crippen LogP contribution in [0.1, 0.15) is 19.8 Å². The average Bonchev–Trinajstić information content (AvgIpc) is 2.70. The summed E-state index contributed by atoms with van der Waals surface area (Å²) in [5.41, 5.74) is 0.401. The Morgan fingerprint density at radius 2 is 2.00 bits per heavy atom. The molecule has 112 valence electrons. The summed E-state index contributed by atoms with van der Waals surface area (Å²) in [5, 5.41) is 5.04. The fourth-order valence-electron chi connectivity index (χ4n) is 2.09. The molecule has 1 atom stereocenters. The summed E-state index contributed by atoms with van der Waals surface area (Å²) in [6, 6.07) is 4.10. The van der Waals surface area contributed by atoms with Crippen molar-refractivity contribution in [2.24, 2.45) is 0 Å². The molecule has 1 aliphatic rings. The van der Waals surface area contributed by atoms with Gasteiger partial charge in [0, 0.05) is 5.69 Å². The zero-order valence-electron chi connectivity index (χ0n) is 11.6. The maximum absolute atomic E-state index is 12.8. The molecule has 0 aromatic heterocycles. The molecule has 1 aliphatic heterocycles. The van der Waals surface area contributed by atoms with E-state index in [1.807, 2.05) is 6.92 Å². The molecule has 1 aromatic carbocycles. The molecule has 2 rings (SSSR count). The number of nitrogens with zero attached hydrogens (tertiary/aromatic N) is 1. The van der Waals surface area contributed by atoms with Crippen LogP contribution in [0.2, 0.25) is 0 Å². The van der Waals surface area contributed by atoms with Crippen molar-refractivity contribution in [3.05, 3.63) is 30.1 Å². The Balaban J connectivity index is 1.94. The largest absolute Gasteiger partial charge is 0.326 e. The molecule has 0 bridgehead atoms. The molecule has 6 nitrogen and oxygen atoms in total. The molecule has 0 aliphatic carbocycles. The Bertz CT molecular complexity index is 559. The second-order valence-corrected chi connectivity index (χ2v) is 4.77. The average molecular weight is 293 g/mol. The molecular formula is C14H16FN3O3. The molecule has 21 heavy (non-hydrogen) atoms. The molecule has 1 fully saturated rings. The van der Waals surface area contributed by atoms with E-state index < -0.39 is 29.7 Å². The predicted molar refractivity (Wildman–Crippen MR) is 74.0 cm³/mol. The third-order valence-corrected chi connectivity index (χ3v) is 3.11. The Hall–Kier alpha value is -2.44. The van der Waals surface area contributed by atoms with Gasteiger partial charge >= 0.3 is 6.03 Å². The van der Waals surface area contributed by atoms with Crippen LogP contribution < -0.4 is 10.6 Å². The second kappa shape index (κ2) is 6.34. The maximum atomic E-state index is 12.8. The number of benzene rings is 1. The van der Waals surface area contributed by atoms with Crippen molar-refractivity contribution in [1.82, 2.24) is 10.2 Å². The summed E-state index contributed by atoms with van der Waals surface area (Å²) >= 11 is 0. The number of urea groups is 1. The van der Waals surface area contributed by atoms with E-state index in [9.17, 15) is 18.8 Å². The van der Waals surface area contributed by atoms with Crippen molar-refractivity contribution in [2.75, 3.05) is 11.9 Å². The quantitative estimate of drug-likeness (QED) is 0.807. The second-order valence-electron chi connectivity index (χ2n) is 4.77. The third-order valence-electron chi connectivity index (χ3n) is 3.11. The van der Waals surface area contributed by atoms with Crippen LogP contribution in [0.3, 0.4) is 0 Å². The molecule has 0 saturated carbocycles. The lowest BCUT2D eigenvalue weighted by molar-refractivity contribution is -0.130. The number of anilines is 1. The Morgan fingerprint density at radius 1 is 1.33 bits per heavy atom. The van der Waals surface area contributed by atoms with Crippen LogP contribution in [0.25, 0.3) is 0 Å². The third kappa shape index (κ3) is 3.56. The van der Waals surface area contributed by atoms with Crippen LogP contribution in [0.5, 0.6) is 0 Å². The molecule has 1 saturated heterocycles. The van der Waals surface area contributed by atoms with Crippen LogP contribution in [-0.2, 0) is 9.59 Å². The number of hydrogen-bond donors (Lipinski definition) is 2. The molecule has 4 amide bonds. The van der Waals surface area contributed by atoms with Crippen molar-refractivity contribution in [3.8, 4) is 0 Å². The first-order chi connectivity index (χ1) is 10.0. The summed E-state index contributed by atoms with van der Waals surface area (Å²) < 4.78 is 12.8. The lowest BCUT2D eigenvalue weighted by Gasteiger charge is -2.12. The fourth-order valence-corrected chi connectivity index (χ4v) is 2.09. The van der Waals surface area contributed by atoms with Crippen LogP contribution in [0.15, 0.2) is 24.3 Å². The van der Waals surface area contributed by atoms with E-state index in [1.54, 1.807) is 0 Å². The minimum Gasteiger partial charge on any atom is -0.326 e. The topological polar surface area (TPSA) is 78.5 Å². The minimum atomic E-state index is -0.562. The molecule has 1 heterocycles. The molecule has 0 unspecified atom stereocenters. The van der Waals surface area contributed by atoms with Crippen molar-refractivity contribution in [3.63, 3.8) is 0 Å². The smallest absolute Gasteiger partial charge is 0.325 e. The van der Waals surface area contributed by atoms with Crippen molar-refractivity contribution >= 4 is 23.5 Å². The van der Waals surface area contributed by atoms with Gasteiger partial charge in [0.25, 0.3) is 5.91 Å². The van der Waals surface area contributed by atoms with Gasteiger partial charge < -0.3 is 10.6 Å². The van der Waals surface area contributed by atoms with Crippen molar-refractivity contribution < 1.29 is 18.8 Å². The van der Waals surface area contributed by atoms with E-state index in [1.165, 1.54) is 24.3 Å². The minimum absolute atomic E-state index is 0.359. The number of carbonyl (C=O) groups excluding carboxylic acids is 3. The summed E-state index contributed by atoms with van der Waals surface area (Å²) in [6.45, 7) is 1.55. The van der Waals surface area contributed by atoms with Gasteiger partial charge in [-0.3, -0.25) is 14.5 Å². The highest BCUT2D eigenvalue weighted by atomic mass is 19.1. The summed E-state index contributed by atoms with van der Waals surface area (Å²) in [4.78, 5) is 36.3. The van der Waals surface area contributed by atoms with Gasteiger partial charge in [0.1, 0.15) is 18.4 Å². The number of imide groups is 1. The van der Waals surface area contributed by atoms with E-state index in [0.717, 1.165) is 11.3 Å². The zero-order chi connectivity index (χ0) is 15.4. The van der Waals surface area contributed by atoms with Gasteiger partial charge in [-0.15, -0.1) is 0 Å². The Morgan fingerprint density at radius 3 is 2.62 bits per heavy atom. The first-order valence-electron chi connectivity index (χ1n) is 6.68. The number of halogens is 1. The maximum Gasteiger partial charge on any atom is 0.325 e. The molecule has 0 radical (unpaired) electrons. The van der Waals surface area contributed by atoms with Gasteiger partial charge in [-0.05, 0) is 30.7 Å². The lowest BCUT2D eigenvalue weighted by Crippen LogP contribution is -2.38. The normalized spacial score (nSPS) is 17.8. The fraction of sp³-hybridized carbons (Fsp3) is 0.357. The van der Waals surface area contributed by atoms with E-state index in [4.69, 9.17) is 0 Å². The molecule has 2 N–H and O–H groups in total. The molecule has 1 aromatic rings. The van der Waals surface area contributed by atoms with Gasteiger partial charge in [0.05, 0.1) is 0 Å². The van der Waals surface area contributed by atoms with E-state index in [0.29, 0.717) is 12.1 Å². The van der Waals surface area contributed by atoms with E-state index >= 15 is 0 Å². The van der Waals surface area contributed by atoms with Crippen LogP contribution in [0.4, 0.5) is 14.9 Å². The number of hydrogen-bond acceptors (Lipinski definition) is 3. The number of carbonyl (C=O) groups is 3. The first-order valence-corrected chi connectivity index (χ1v) is 6.68. The van der Waals surface area contributed by atoms with Crippen molar-refractivity contribution in [2.45, 2.75) is 25.8 Å². The SMILES string of the molecule is CCC[C@H]1NC(=O)N(CC(=O)Nc2ccc(F)cc2)C1=O. The predicted octanol–water partition coefficient (Wildman–Crippen LogP) is 1.48. The summed E-state index contributed by atoms with van der Waals surface area (Å²) in [6.07, 6.45) is 1.30. The Labute approximate surface area is 121 Å². The first kappa shape index (κ1) is 15.0. The Kier molecular flexibility index (Phi) is 4.52. The standard InChI is InChI=1S/C14H16FN3O3/c1-2-3-11-13(20)18(14(21)17-11)8-12(19)16-10-6-4-9(15)5-7-10/h4-7,11H,2-3,8H2,1H3,(H,16,19)(H,17,21)/t11-/m1/s1.